The van der Waals surface area contributed by atoms with Crippen LogP contribution in [-0.4, -0.2) is 6.73 Å². The van der Waals surface area contributed by atoms with Gasteiger partial charge in [-0.05, 0) is 55.2 Å². The Morgan fingerprint density at radius 3 is 2.76 bits per heavy atom. The van der Waals surface area contributed by atoms with E-state index in [1.807, 2.05) is 19.1 Å². The van der Waals surface area contributed by atoms with Crippen molar-refractivity contribution < 1.29 is 9.15 Å². The normalized spacial score (nSPS) is 13.6. The molecule has 0 saturated carbocycles. The van der Waals surface area contributed by atoms with E-state index in [1.54, 1.807) is 6.07 Å². The summed E-state index contributed by atoms with van der Waals surface area (Å²) in [7, 11) is 0. The zero-order valence-electron chi connectivity index (χ0n) is 14.8. The molecule has 0 N–H and O–H groups in total. The Labute approximate surface area is 146 Å². The van der Waals surface area contributed by atoms with Gasteiger partial charge in [-0.25, -0.2) is 4.79 Å². The number of nitrogens with zero attached hydrogens (tertiary/aromatic N) is 1. The monoisotopic (exact) mass is 335 g/mol. The van der Waals surface area contributed by atoms with Crippen LogP contribution in [0, 0.1) is 13.8 Å². The van der Waals surface area contributed by atoms with Gasteiger partial charge in [0.2, 0.25) is 0 Å². The topological polar surface area (TPSA) is 42.7 Å². The molecular formula is C21H21NO3. The molecule has 0 saturated heterocycles. The average molecular weight is 335 g/mol. The Morgan fingerprint density at radius 1 is 1.12 bits per heavy atom. The Bertz CT molecular complexity index is 1020. The minimum atomic E-state index is -0.304. The van der Waals surface area contributed by atoms with Crippen LogP contribution in [-0.2, 0) is 13.0 Å². The molecule has 1 aromatic heterocycles. The van der Waals surface area contributed by atoms with Gasteiger partial charge in [0.1, 0.15) is 11.3 Å². The largest absolute Gasteiger partial charge is 0.473 e. The zero-order chi connectivity index (χ0) is 17.6. The van der Waals surface area contributed by atoms with Crippen LogP contribution >= 0.6 is 0 Å². The van der Waals surface area contributed by atoms with Crippen molar-refractivity contribution in [2.45, 2.75) is 33.7 Å². The molecule has 0 amide bonds. The summed E-state index contributed by atoms with van der Waals surface area (Å²) in [6, 6.07) is 12.0. The van der Waals surface area contributed by atoms with Crippen molar-refractivity contribution in [1.29, 1.82) is 0 Å². The van der Waals surface area contributed by atoms with Crippen molar-refractivity contribution in [2.24, 2.45) is 0 Å². The molecule has 0 aliphatic carbocycles. The number of fused-ring (bicyclic) bond motifs is 3. The van der Waals surface area contributed by atoms with Gasteiger partial charge in [0, 0.05) is 17.1 Å². The third-order valence-corrected chi connectivity index (χ3v) is 4.87. The standard InChI is InChI=1S/C21H21NO3/c1-4-15-10-20(23)25-21-16(15)7-8-19-17(21)11-22(12-24-19)18-9-13(2)5-6-14(18)3/h5-10H,4,11-12H2,1-3H3. The first-order chi connectivity index (χ1) is 12.1. The summed E-state index contributed by atoms with van der Waals surface area (Å²) in [5.74, 6) is 0.797. The molecule has 0 spiro atoms. The third-order valence-electron chi connectivity index (χ3n) is 4.87. The first-order valence-corrected chi connectivity index (χ1v) is 8.60. The van der Waals surface area contributed by atoms with Gasteiger partial charge < -0.3 is 14.1 Å². The minimum Gasteiger partial charge on any atom is -0.473 e. The predicted octanol–water partition coefficient (Wildman–Crippen LogP) is 4.33. The first-order valence-electron chi connectivity index (χ1n) is 8.60. The number of rotatable bonds is 2. The molecule has 1 aliphatic heterocycles. The number of aryl methyl sites for hydroxylation is 3. The minimum absolute atomic E-state index is 0.304. The Morgan fingerprint density at radius 2 is 1.96 bits per heavy atom. The van der Waals surface area contributed by atoms with Crippen molar-refractivity contribution in [1.82, 2.24) is 0 Å². The number of hydrogen-bond acceptors (Lipinski definition) is 4. The molecule has 25 heavy (non-hydrogen) atoms. The Kier molecular flexibility index (Phi) is 3.75. The van der Waals surface area contributed by atoms with Gasteiger partial charge >= 0.3 is 5.63 Å². The van der Waals surface area contributed by atoms with E-state index in [9.17, 15) is 4.79 Å². The van der Waals surface area contributed by atoms with Crippen LogP contribution in [0.5, 0.6) is 5.75 Å². The second-order valence-electron chi connectivity index (χ2n) is 6.62. The summed E-state index contributed by atoms with van der Waals surface area (Å²) in [6.45, 7) is 7.38. The lowest BCUT2D eigenvalue weighted by atomic mass is 10.0. The van der Waals surface area contributed by atoms with Crippen LogP contribution in [0.15, 0.2) is 45.6 Å². The lowest BCUT2D eigenvalue weighted by molar-refractivity contribution is 0.289. The highest BCUT2D eigenvalue weighted by molar-refractivity contribution is 5.85. The van der Waals surface area contributed by atoms with E-state index in [4.69, 9.17) is 9.15 Å². The molecule has 4 rings (SSSR count). The van der Waals surface area contributed by atoms with E-state index in [-0.39, 0.29) is 5.63 Å². The van der Waals surface area contributed by atoms with Crippen LogP contribution in [0.25, 0.3) is 11.0 Å². The van der Waals surface area contributed by atoms with Crippen molar-refractivity contribution in [3.63, 3.8) is 0 Å². The van der Waals surface area contributed by atoms with E-state index in [2.05, 4.69) is 36.9 Å². The molecule has 0 atom stereocenters. The SMILES string of the molecule is CCc1cc(=O)oc2c3c(ccc12)OCN(c1cc(C)ccc1C)C3. The van der Waals surface area contributed by atoms with Crippen LogP contribution < -0.4 is 15.3 Å². The van der Waals surface area contributed by atoms with Gasteiger partial charge in [-0.2, -0.15) is 0 Å². The summed E-state index contributed by atoms with van der Waals surface area (Å²) < 4.78 is 11.5. The van der Waals surface area contributed by atoms with E-state index < -0.39 is 0 Å². The fourth-order valence-electron chi connectivity index (χ4n) is 3.51. The smallest absolute Gasteiger partial charge is 0.336 e. The molecule has 0 fully saturated rings. The predicted molar refractivity (Wildman–Crippen MR) is 99.5 cm³/mol. The van der Waals surface area contributed by atoms with Crippen LogP contribution in [0.2, 0.25) is 0 Å². The molecule has 0 bridgehead atoms. The van der Waals surface area contributed by atoms with E-state index >= 15 is 0 Å². The molecule has 0 unspecified atom stereocenters. The second-order valence-corrected chi connectivity index (χ2v) is 6.62. The summed E-state index contributed by atoms with van der Waals surface area (Å²) in [5.41, 5.74) is 5.86. The summed E-state index contributed by atoms with van der Waals surface area (Å²) in [5, 5.41) is 0.993. The van der Waals surface area contributed by atoms with Gasteiger partial charge in [-0.1, -0.05) is 19.1 Å². The highest BCUT2D eigenvalue weighted by Crippen LogP contribution is 2.35. The third kappa shape index (κ3) is 2.68. The molecule has 4 nitrogen and oxygen atoms in total. The van der Waals surface area contributed by atoms with Crippen LogP contribution in [0.3, 0.4) is 0 Å². The molecular weight excluding hydrogens is 314 g/mol. The Balaban J connectivity index is 1.86. The highest BCUT2D eigenvalue weighted by Gasteiger charge is 2.23. The van der Waals surface area contributed by atoms with Crippen LogP contribution in [0.4, 0.5) is 5.69 Å². The summed E-state index contributed by atoms with van der Waals surface area (Å²) in [4.78, 5) is 14.2. The number of anilines is 1. The number of hydrogen-bond donors (Lipinski definition) is 0. The average Bonchev–Trinajstić information content (AvgIpc) is 2.62. The molecule has 2 aromatic carbocycles. The highest BCUT2D eigenvalue weighted by atomic mass is 16.5. The van der Waals surface area contributed by atoms with Gasteiger partial charge in [0.05, 0.1) is 12.1 Å². The Hall–Kier alpha value is -2.75. The first kappa shape index (κ1) is 15.8. The lowest BCUT2D eigenvalue weighted by Gasteiger charge is -2.32. The zero-order valence-corrected chi connectivity index (χ0v) is 14.8. The van der Waals surface area contributed by atoms with Crippen molar-refractivity contribution >= 4 is 16.7 Å². The van der Waals surface area contributed by atoms with Crippen molar-refractivity contribution in [2.75, 3.05) is 11.6 Å². The molecule has 4 heteroatoms. The van der Waals surface area contributed by atoms with E-state index in [0.29, 0.717) is 18.9 Å². The van der Waals surface area contributed by atoms with E-state index in [0.717, 1.165) is 34.4 Å². The number of benzene rings is 2. The fourth-order valence-corrected chi connectivity index (χ4v) is 3.51. The molecule has 3 aromatic rings. The summed E-state index contributed by atoms with van der Waals surface area (Å²) in [6.07, 6.45) is 0.794. The fraction of sp³-hybridized carbons (Fsp3) is 0.286. The maximum atomic E-state index is 12.0. The molecule has 2 heterocycles. The maximum absolute atomic E-state index is 12.0. The second kappa shape index (κ2) is 5.96. The summed E-state index contributed by atoms with van der Waals surface area (Å²) >= 11 is 0. The molecule has 1 aliphatic rings. The van der Waals surface area contributed by atoms with Crippen molar-refractivity contribution in [3.8, 4) is 5.75 Å². The van der Waals surface area contributed by atoms with Crippen molar-refractivity contribution in [3.05, 3.63) is 69.1 Å². The number of ether oxygens (including phenoxy) is 1. The van der Waals surface area contributed by atoms with Gasteiger partial charge in [-0.3, -0.25) is 0 Å². The quantitative estimate of drug-likeness (QED) is 0.654. The van der Waals surface area contributed by atoms with Gasteiger partial charge in [0.15, 0.2) is 6.73 Å². The van der Waals surface area contributed by atoms with E-state index in [1.165, 1.54) is 11.1 Å². The maximum Gasteiger partial charge on any atom is 0.336 e. The lowest BCUT2D eigenvalue weighted by Crippen LogP contribution is -2.32. The van der Waals surface area contributed by atoms with Crippen LogP contribution in [0.1, 0.15) is 29.2 Å². The molecule has 128 valence electrons. The van der Waals surface area contributed by atoms with Gasteiger partial charge in [0.25, 0.3) is 0 Å². The molecule has 0 radical (unpaired) electrons. The van der Waals surface area contributed by atoms with Gasteiger partial charge in [-0.15, -0.1) is 0 Å².